The summed E-state index contributed by atoms with van der Waals surface area (Å²) in [6.45, 7) is -0.0743. The Hall–Kier alpha value is -3.23. The summed E-state index contributed by atoms with van der Waals surface area (Å²) in [4.78, 5) is 13.0. The zero-order chi connectivity index (χ0) is 28.1. The largest absolute Gasteiger partial charge is 0.322 e. The Labute approximate surface area is 236 Å². The molecule has 6 nitrogen and oxygen atoms in total. The van der Waals surface area contributed by atoms with E-state index in [0.29, 0.717) is 16.5 Å². The van der Waals surface area contributed by atoms with Crippen LogP contribution in [-0.4, -0.2) is 32.7 Å². The van der Waals surface area contributed by atoms with Crippen LogP contribution in [0.2, 0.25) is 0 Å². The van der Waals surface area contributed by atoms with Crippen LogP contribution in [0.3, 0.4) is 0 Å². The highest BCUT2D eigenvalue weighted by atomic mass is 32.2. The van der Waals surface area contributed by atoms with Crippen LogP contribution in [0.5, 0.6) is 0 Å². The lowest BCUT2D eigenvalue weighted by atomic mass is 9.48. The molecule has 1 N–H and O–H groups in total. The van der Waals surface area contributed by atoms with E-state index in [4.69, 9.17) is 0 Å². The summed E-state index contributed by atoms with van der Waals surface area (Å²) in [5.41, 5.74) is 3.55. The number of hydrogen-bond acceptors (Lipinski definition) is 3. The molecule has 210 valence electrons. The molecule has 40 heavy (non-hydrogen) atoms. The molecule has 3 aromatic rings. The maximum Gasteiger partial charge on any atom is 0.303 e. The third-order valence-electron chi connectivity index (χ3n) is 9.20. The van der Waals surface area contributed by atoms with Crippen molar-refractivity contribution >= 4 is 27.5 Å². The van der Waals surface area contributed by atoms with E-state index in [9.17, 15) is 17.6 Å². The van der Waals surface area contributed by atoms with E-state index in [1.54, 1.807) is 30.3 Å². The van der Waals surface area contributed by atoms with Crippen LogP contribution in [0.1, 0.15) is 60.0 Å². The lowest BCUT2D eigenvalue weighted by molar-refractivity contribution is -0.00518. The van der Waals surface area contributed by atoms with Gasteiger partial charge in [0.1, 0.15) is 5.82 Å². The van der Waals surface area contributed by atoms with Crippen molar-refractivity contribution in [3.63, 3.8) is 0 Å². The van der Waals surface area contributed by atoms with Gasteiger partial charge in [-0.15, -0.1) is 0 Å². The summed E-state index contributed by atoms with van der Waals surface area (Å²) >= 11 is 0. The van der Waals surface area contributed by atoms with Gasteiger partial charge in [-0.1, -0.05) is 36.4 Å². The number of carbonyl (C=O) groups excluding carboxylic acids is 1. The average Bonchev–Trinajstić information content (AvgIpc) is 2.92. The molecule has 7 rings (SSSR count). The Morgan fingerprint density at radius 3 is 2.00 bits per heavy atom. The van der Waals surface area contributed by atoms with Gasteiger partial charge in [-0.05, 0) is 109 Å². The lowest BCUT2D eigenvalue weighted by Crippen LogP contribution is -2.48. The number of amides is 1. The molecule has 4 bridgehead atoms. The molecule has 0 saturated heterocycles. The molecule has 3 aromatic carbocycles. The topological polar surface area (TPSA) is 69.7 Å². The number of benzene rings is 3. The van der Waals surface area contributed by atoms with Gasteiger partial charge in [0.05, 0.1) is 12.2 Å². The molecule has 4 aliphatic rings. The number of para-hydroxylation sites is 1. The molecule has 4 fully saturated rings. The SMILES string of the molecule is CN(C)S(=O)(=O)N(Cc1ccc(C(=O)Nc2ccc(C34CC5CC(CC(C5)C3)C4)cc2)cc1)c1ccccc1F. The first kappa shape index (κ1) is 27.0. The number of rotatable bonds is 8. The Morgan fingerprint density at radius 1 is 0.875 bits per heavy atom. The molecule has 0 spiro atoms. The minimum atomic E-state index is -3.95. The predicted octanol–water partition coefficient (Wildman–Crippen LogP) is 6.36. The number of nitrogens with one attached hydrogen (secondary N) is 1. The normalized spacial score (nSPS) is 25.2. The highest BCUT2D eigenvalue weighted by Crippen LogP contribution is 2.60. The van der Waals surface area contributed by atoms with Gasteiger partial charge in [0.2, 0.25) is 0 Å². The van der Waals surface area contributed by atoms with Crippen LogP contribution < -0.4 is 9.62 Å². The number of halogens is 1. The highest BCUT2D eigenvalue weighted by Gasteiger charge is 2.51. The second-order valence-electron chi connectivity index (χ2n) is 12.2. The molecule has 0 heterocycles. The molecule has 0 atom stereocenters. The van der Waals surface area contributed by atoms with Crippen LogP contribution in [0.15, 0.2) is 72.8 Å². The standard InChI is InChI=1S/C32H36FN3O3S/c1-35(2)40(38,39)36(30-6-4-3-5-29(30)33)21-22-7-9-26(10-8-22)31(37)34-28-13-11-27(12-14-28)32-18-23-15-24(19-32)17-25(16-23)20-32/h3-14,23-25H,15-21H2,1-2H3,(H,34,37). The van der Waals surface area contributed by atoms with Crippen molar-refractivity contribution in [1.82, 2.24) is 4.31 Å². The van der Waals surface area contributed by atoms with E-state index in [2.05, 4.69) is 17.4 Å². The van der Waals surface area contributed by atoms with Crippen molar-refractivity contribution < 1.29 is 17.6 Å². The lowest BCUT2D eigenvalue weighted by Gasteiger charge is -2.57. The molecule has 0 aliphatic heterocycles. The van der Waals surface area contributed by atoms with Gasteiger partial charge >= 0.3 is 10.2 Å². The van der Waals surface area contributed by atoms with E-state index < -0.39 is 16.0 Å². The summed E-state index contributed by atoms with van der Waals surface area (Å²) in [7, 11) is -1.13. The molecule has 8 heteroatoms. The minimum absolute atomic E-state index is 0.0324. The number of hydrogen-bond donors (Lipinski definition) is 1. The van der Waals surface area contributed by atoms with Gasteiger partial charge in [0.15, 0.2) is 0 Å². The summed E-state index contributed by atoms with van der Waals surface area (Å²) in [5, 5.41) is 2.99. The van der Waals surface area contributed by atoms with Crippen molar-refractivity contribution in [2.45, 2.75) is 50.5 Å². The monoisotopic (exact) mass is 561 g/mol. The Kier molecular flexibility index (Phi) is 6.95. The van der Waals surface area contributed by atoms with E-state index in [1.165, 1.54) is 76.4 Å². The van der Waals surface area contributed by atoms with Crippen molar-refractivity contribution in [2.75, 3.05) is 23.7 Å². The van der Waals surface area contributed by atoms with Crippen LogP contribution >= 0.6 is 0 Å². The quantitative estimate of drug-likeness (QED) is 0.348. The fraction of sp³-hybridized carbons (Fsp3) is 0.406. The summed E-state index contributed by atoms with van der Waals surface area (Å²) in [6, 6.07) is 20.9. The van der Waals surface area contributed by atoms with Crippen molar-refractivity contribution in [2.24, 2.45) is 17.8 Å². The fourth-order valence-electron chi connectivity index (χ4n) is 7.64. The van der Waals surface area contributed by atoms with Gasteiger partial charge in [0, 0.05) is 25.3 Å². The van der Waals surface area contributed by atoms with Crippen molar-refractivity contribution in [1.29, 1.82) is 0 Å². The molecular weight excluding hydrogens is 525 g/mol. The van der Waals surface area contributed by atoms with Crippen LogP contribution in [0, 0.1) is 23.6 Å². The van der Waals surface area contributed by atoms with Crippen molar-refractivity contribution in [3.05, 3.63) is 95.3 Å². The van der Waals surface area contributed by atoms with E-state index in [1.807, 2.05) is 12.1 Å². The summed E-state index contributed by atoms with van der Waals surface area (Å²) < 4.78 is 42.6. The van der Waals surface area contributed by atoms with Crippen LogP contribution in [0.4, 0.5) is 15.8 Å². The Morgan fingerprint density at radius 2 is 1.45 bits per heavy atom. The highest BCUT2D eigenvalue weighted by molar-refractivity contribution is 7.90. The van der Waals surface area contributed by atoms with Crippen molar-refractivity contribution in [3.8, 4) is 0 Å². The Balaban J connectivity index is 1.14. The zero-order valence-corrected chi connectivity index (χ0v) is 23.8. The number of nitrogens with zero attached hydrogens (tertiary/aromatic N) is 2. The third kappa shape index (κ3) is 5.03. The van der Waals surface area contributed by atoms with E-state index in [0.717, 1.165) is 32.1 Å². The van der Waals surface area contributed by atoms with Crippen LogP contribution in [0.25, 0.3) is 0 Å². The Bertz CT molecular complexity index is 1470. The minimum Gasteiger partial charge on any atom is -0.322 e. The summed E-state index contributed by atoms with van der Waals surface area (Å²) in [5.74, 6) is 1.79. The van der Waals surface area contributed by atoms with E-state index in [-0.39, 0.29) is 18.1 Å². The first-order valence-electron chi connectivity index (χ1n) is 14.1. The van der Waals surface area contributed by atoms with Gasteiger partial charge in [-0.3, -0.25) is 9.10 Å². The first-order chi connectivity index (χ1) is 19.1. The molecule has 1 amide bonds. The van der Waals surface area contributed by atoms with Gasteiger partial charge in [-0.25, -0.2) is 4.39 Å². The smallest absolute Gasteiger partial charge is 0.303 e. The molecule has 4 aliphatic carbocycles. The van der Waals surface area contributed by atoms with Gasteiger partial charge in [-0.2, -0.15) is 12.7 Å². The molecule has 4 saturated carbocycles. The maximum atomic E-state index is 14.5. The summed E-state index contributed by atoms with van der Waals surface area (Å²) in [6.07, 6.45) is 8.17. The van der Waals surface area contributed by atoms with Gasteiger partial charge < -0.3 is 5.32 Å². The predicted molar refractivity (Wildman–Crippen MR) is 156 cm³/mol. The molecule has 0 aromatic heterocycles. The second kappa shape index (κ2) is 10.3. The second-order valence-corrected chi connectivity index (χ2v) is 14.2. The zero-order valence-electron chi connectivity index (χ0n) is 23.0. The number of carbonyl (C=O) groups is 1. The molecule has 0 unspecified atom stereocenters. The van der Waals surface area contributed by atoms with Gasteiger partial charge in [0.25, 0.3) is 5.91 Å². The van der Waals surface area contributed by atoms with Crippen LogP contribution in [-0.2, 0) is 22.2 Å². The molecular formula is C32H36FN3O3S. The average molecular weight is 562 g/mol. The maximum absolute atomic E-state index is 14.5. The first-order valence-corrected chi connectivity index (χ1v) is 15.5. The third-order valence-corrected chi connectivity index (χ3v) is 11.0. The number of anilines is 2. The molecule has 0 radical (unpaired) electrons. The van der Waals surface area contributed by atoms with E-state index >= 15 is 0 Å². The fourth-order valence-corrected chi connectivity index (χ4v) is 8.75.